The van der Waals surface area contributed by atoms with Gasteiger partial charge in [0.15, 0.2) is 0 Å². The van der Waals surface area contributed by atoms with Gasteiger partial charge in [-0.1, -0.05) is 6.58 Å². The highest BCUT2D eigenvalue weighted by Crippen LogP contribution is 2.12. The molecule has 0 aromatic heterocycles. The number of ether oxygens (including phenoxy) is 4. The minimum Gasteiger partial charge on any atom is -0.459 e. The minimum atomic E-state index is -0.576. The van der Waals surface area contributed by atoms with Gasteiger partial charge in [0.05, 0.1) is 17.7 Å². The number of hydrogen-bond donors (Lipinski definition) is 0. The van der Waals surface area contributed by atoms with Gasteiger partial charge in [0.25, 0.3) is 0 Å². The molecular formula is C17H18O7. The molecule has 0 radical (unpaired) electrons. The average molecular weight is 334 g/mol. The zero-order valence-electron chi connectivity index (χ0n) is 13.3. The van der Waals surface area contributed by atoms with Crippen LogP contribution in [0.5, 0.6) is 0 Å². The van der Waals surface area contributed by atoms with Crippen LogP contribution in [0.15, 0.2) is 36.4 Å². The van der Waals surface area contributed by atoms with Crippen molar-refractivity contribution in [1.29, 1.82) is 0 Å². The van der Waals surface area contributed by atoms with Gasteiger partial charge in [-0.3, -0.25) is 0 Å². The molecule has 1 heterocycles. The first kappa shape index (κ1) is 17.7. The lowest BCUT2D eigenvalue weighted by Crippen LogP contribution is -2.14. The summed E-state index contributed by atoms with van der Waals surface area (Å²) in [4.78, 5) is 34.7. The lowest BCUT2D eigenvalue weighted by Gasteiger charge is -2.07. The summed E-state index contributed by atoms with van der Waals surface area (Å²) in [5.74, 6) is -1.59. The summed E-state index contributed by atoms with van der Waals surface area (Å²) < 4.78 is 19.8. The maximum atomic E-state index is 11.8. The highest BCUT2D eigenvalue weighted by atomic mass is 16.6. The molecule has 1 unspecified atom stereocenters. The summed E-state index contributed by atoms with van der Waals surface area (Å²) in [6.07, 6.45) is 0.00202. The first-order valence-corrected chi connectivity index (χ1v) is 7.36. The average Bonchev–Trinajstić information content (AvgIpc) is 3.40. The Kier molecular flexibility index (Phi) is 6.08. The van der Waals surface area contributed by atoms with E-state index in [1.54, 1.807) is 0 Å². The van der Waals surface area contributed by atoms with Gasteiger partial charge in [0.1, 0.15) is 25.9 Å². The van der Waals surface area contributed by atoms with Gasteiger partial charge >= 0.3 is 17.9 Å². The van der Waals surface area contributed by atoms with Crippen LogP contribution >= 0.6 is 0 Å². The molecule has 1 aliphatic rings. The Bertz CT molecular complexity index is 629. The van der Waals surface area contributed by atoms with Crippen molar-refractivity contribution in [2.24, 2.45) is 0 Å². The van der Waals surface area contributed by atoms with Crippen LogP contribution in [-0.4, -0.2) is 50.4 Å². The summed E-state index contributed by atoms with van der Waals surface area (Å²) >= 11 is 0. The van der Waals surface area contributed by atoms with Gasteiger partial charge < -0.3 is 18.9 Å². The monoisotopic (exact) mass is 334 g/mol. The normalized spacial score (nSPS) is 15.3. The summed E-state index contributed by atoms with van der Waals surface area (Å²) in [5, 5.41) is 0. The second-order valence-electron chi connectivity index (χ2n) is 5.18. The predicted octanol–water partition coefficient (Wildman–Crippen LogP) is 1.52. The highest BCUT2D eigenvalue weighted by Gasteiger charge is 2.24. The van der Waals surface area contributed by atoms with Crippen molar-refractivity contribution in [3.63, 3.8) is 0 Å². The zero-order chi connectivity index (χ0) is 17.5. The van der Waals surface area contributed by atoms with E-state index in [1.165, 1.54) is 31.2 Å². The van der Waals surface area contributed by atoms with Crippen LogP contribution in [-0.2, 0) is 23.7 Å². The topological polar surface area (TPSA) is 91.4 Å². The summed E-state index contributed by atoms with van der Waals surface area (Å²) in [6, 6.07) is 5.89. The van der Waals surface area contributed by atoms with Gasteiger partial charge in [-0.2, -0.15) is 0 Å². The van der Waals surface area contributed by atoms with Crippen LogP contribution < -0.4 is 0 Å². The van der Waals surface area contributed by atoms with E-state index in [-0.39, 0.29) is 37.1 Å². The minimum absolute atomic E-state index is 0.00202. The quantitative estimate of drug-likeness (QED) is 0.234. The van der Waals surface area contributed by atoms with Crippen LogP contribution in [0.2, 0.25) is 0 Å². The van der Waals surface area contributed by atoms with Crippen molar-refractivity contribution >= 4 is 17.9 Å². The molecule has 7 heteroatoms. The highest BCUT2D eigenvalue weighted by molar-refractivity contribution is 5.93. The van der Waals surface area contributed by atoms with E-state index in [0.717, 1.165) is 0 Å². The number of carbonyl (C=O) groups is 3. The fourth-order valence-electron chi connectivity index (χ4n) is 1.63. The largest absolute Gasteiger partial charge is 0.459 e. The smallest absolute Gasteiger partial charge is 0.338 e. The summed E-state index contributed by atoms with van der Waals surface area (Å²) in [5.41, 5.74) is 0.892. The molecule has 1 aromatic carbocycles. The Labute approximate surface area is 139 Å². The number of esters is 3. The van der Waals surface area contributed by atoms with Gasteiger partial charge in [-0.05, 0) is 31.2 Å². The van der Waals surface area contributed by atoms with Crippen LogP contribution in [0.4, 0.5) is 0 Å². The Morgan fingerprint density at radius 1 is 1.04 bits per heavy atom. The third kappa shape index (κ3) is 5.51. The molecule has 1 aromatic rings. The Balaban J connectivity index is 1.74. The fourth-order valence-corrected chi connectivity index (χ4v) is 1.63. The number of benzene rings is 1. The van der Waals surface area contributed by atoms with Crippen LogP contribution in [0, 0.1) is 0 Å². The number of rotatable bonds is 8. The molecule has 1 atom stereocenters. The third-order valence-electron chi connectivity index (χ3n) is 3.06. The molecule has 128 valence electrons. The van der Waals surface area contributed by atoms with Gasteiger partial charge in [-0.15, -0.1) is 0 Å². The molecule has 1 saturated heterocycles. The first-order chi connectivity index (χ1) is 11.5. The Hall–Kier alpha value is -2.67. The molecule has 0 N–H and O–H groups in total. The molecule has 0 spiro atoms. The fraction of sp³-hybridized carbons (Fsp3) is 0.353. The molecule has 24 heavy (non-hydrogen) atoms. The van der Waals surface area contributed by atoms with E-state index in [9.17, 15) is 14.4 Å². The van der Waals surface area contributed by atoms with Gasteiger partial charge in [0, 0.05) is 5.57 Å². The number of hydrogen-bond acceptors (Lipinski definition) is 7. The first-order valence-electron chi connectivity index (χ1n) is 7.36. The molecule has 0 amide bonds. The Morgan fingerprint density at radius 3 is 2.04 bits per heavy atom. The molecule has 0 bridgehead atoms. The maximum absolute atomic E-state index is 11.8. The van der Waals surface area contributed by atoms with E-state index < -0.39 is 17.9 Å². The number of carbonyl (C=O) groups excluding carboxylic acids is 3. The molecule has 1 fully saturated rings. The third-order valence-corrected chi connectivity index (χ3v) is 3.06. The van der Waals surface area contributed by atoms with Gasteiger partial charge in [0.2, 0.25) is 0 Å². The van der Waals surface area contributed by atoms with Crippen molar-refractivity contribution in [3.8, 4) is 0 Å². The van der Waals surface area contributed by atoms with E-state index >= 15 is 0 Å². The summed E-state index contributed by atoms with van der Waals surface area (Å²) in [7, 11) is 0. The van der Waals surface area contributed by atoms with E-state index in [1.807, 2.05) is 0 Å². The molecule has 0 saturated carbocycles. The number of epoxide rings is 1. The van der Waals surface area contributed by atoms with E-state index in [4.69, 9.17) is 18.9 Å². The molecule has 0 aliphatic carbocycles. The predicted molar refractivity (Wildman–Crippen MR) is 82.5 cm³/mol. The molecule has 2 rings (SSSR count). The van der Waals surface area contributed by atoms with Crippen LogP contribution in [0.3, 0.4) is 0 Å². The van der Waals surface area contributed by atoms with Crippen molar-refractivity contribution in [3.05, 3.63) is 47.5 Å². The summed E-state index contributed by atoms with van der Waals surface area (Å²) in [6.45, 7) is 5.69. The van der Waals surface area contributed by atoms with Gasteiger partial charge in [-0.25, -0.2) is 14.4 Å². The van der Waals surface area contributed by atoms with Crippen LogP contribution in [0.1, 0.15) is 27.6 Å². The SMILES string of the molecule is C=C(C)C(=O)OCCOC(=O)c1ccc(C(=O)OCC2CO2)cc1. The van der Waals surface area contributed by atoms with Crippen molar-refractivity contribution < 1.29 is 33.3 Å². The molecule has 7 nitrogen and oxygen atoms in total. The second-order valence-corrected chi connectivity index (χ2v) is 5.18. The van der Waals surface area contributed by atoms with E-state index in [0.29, 0.717) is 12.2 Å². The molecule has 1 aliphatic heterocycles. The Morgan fingerprint density at radius 2 is 1.54 bits per heavy atom. The van der Waals surface area contributed by atoms with Crippen molar-refractivity contribution in [2.45, 2.75) is 13.0 Å². The van der Waals surface area contributed by atoms with Crippen molar-refractivity contribution in [1.82, 2.24) is 0 Å². The molecular weight excluding hydrogens is 316 g/mol. The second kappa shape index (κ2) is 8.26. The standard InChI is InChI=1S/C17H18O7/c1-11(2)15(18)21-7-8-22-16(19)12-3-5-13(6-4-12)17(20)24-10-14-9-23-14/h3-6,14H,1,7-10H2,2H3. The lowest BCUT2D eigenvalue weighted by atomic mass is 10.1. The zero-order valence-corrected chi connectivity index (χ0v) is 13.3. The lowest BCUT2D eigenvalue weighted by molar-refractivity contribution is -0.140. The van der Waals surface area contributed by atoms with Crippen molar-refractivity contribution in [2.75, 3.05) is 26.4 Å². The van der Waals surface area contributed by atoms with E-state index in [2.05, 4.69) is 6.58 Å². The maximum Gasteiger partial charge on any atom is 0.338 e. The van der Waals surface area contributed by atoms with Crippen LogP contribution in [0.25, 0.3) is 0 Å².